The van der Waals surface area contributed by atoms with E-state index in [0.717, 1.165) is 0 Å². The van der Waals surface area contributed by atoms with Crippen LogP contribution in [0.2, 0.25) is 0 Å². The van der Waals surface area contributed by atoms with Crippen molar-refractivity contribution in [1.29, 1.82) is 0 Å². The van der Waals surface area contributed by atoms with Crippen molar-refractivity contribution in [2.45, 2.75) is 52.4 Å². The van der Waals surface area contributed by atoms with Crippen molar-refractivity contribution in [3.8, 4) is 0 Å². The topological polar surface area (TPSA) is 75.6 Å². The highest BCUT2D eigenvalue weighted by atomic mass is 31.1. The van der Waals surface area contributed by atoms with Crippen LogP contribution in [0.5, 0.6) is 0 Å². The third-order valence-corrected chi connectivity index (χ3v) is 2.67. The highest BCUT2D eigenvalue weighted by Gasteiger charge is 2.22. The Kier molecular flexibility index (Phi) is 6.05. The lowest BCUT2D eigenvalue weighted by molar-refractivity contribution is 0.0514. The minimum absolute atomic E-state index is 0.237. The minimum atomic E-state index is -2.78. The number of alkyl carbamates (subject to hydrolysis) is 1. The largest absolute Gasteiger partial charge is 0.444 e. The van der Waals surface area contributed by atoms with Gasteiger partial charge in [-0.15, -0.1) is 0 Å². The Bertz CT molecular complexity index is 260. The van der Waals surface area contributed by atoms with Crippen LogP contribution < -0.4 is 5.32 Å². The van der Waals surface area contributed by atoms with Crippen molar-refractivity contribution >= 4 is 14.1 Å². The summed E-state index contributed by atoms with van der Waals surface area (Å²) in [6, 6.07) is 0. The lowest BCUT2D eigenvalue weighted by Crippen LogP contribution is -2.38. The molecule has 0 radical (unpaired) electrons. The maximum Gasteiger partial charge on any atom is 0.408 e. The number of nitrogens with one attached hydrogen (secondary N) is 1. The van der Waals surface area contributed by atoms with E-state index in [2.05, 4.69) is 5.32 Å². The molecule has 0 fully saturated rings. The number of amides is 1. The first-order valence-electron chi connectivity index (χ1n) is 5.34. The van der Waals surface area contributed by atoms with Crippen LogP contribution in [0.3, 0.4) is 0 Å². The summed E-state index contributed by atoms with van der Waals surface area (Å²) in [5.41, 5.74) is -0.599. The lowest BCUT2D eigenvalue weighted by Gasteiger charge is -2.23. The number of ether oxygens (including phenoxy) is 1. The van der Waals surface area contributed by atoms with Crippen molar-refractivity contribution in [3.05, 3.63) is 0 Å². The lowest BCUT2D eigenvalue weighted by atomic mass is 10.1. The molecular formula is C10H22NO4P. The number of carbonyl (C=O) groups excluding carboxylic acids is 1. The Morgan fingerprint density at radius 3 is 2.25 bits per heavy atom. The van der Waals surface area contributed by atoms with Crippen LogP contribution >= 0.6 is 8.03 Å². The number of hydrogen-bond donors (Lipinski definition) is 2. The molecule has 0 aromatic carbocycles. The van der Waals surface area contributed by atoms with Gasteiger partial charge in [-0.1, -0.05) is 13.8 Å². The van der Waals surface area contributed by atoms with E-state index in [1.807, 2.05) is 13.8 Å². The van der Waals surface area contributed by atoms with Gasteiger partial charge in [0.1, 0.15) is 11.4 Å². The van der Waals surface area contributed by atoms with Gasteiger partial charge in [-0.05, 0) is 33.1 Å². The second-order valence-electron chi connectivity index (χ2n) is 5.17. The van der Waals surface area contributed by atoms with Gasteiger partial charge in [-0.2, -0.15) is 0 Å². The second-order valence-corrected chi connectivity index (χ2v) is 6.54. The second kappa shape index (κ2) is 6.26. The van der Waals surface area contributed by atoms with Crippen molar-refractivity contribution in [2.75, 3.05) is 0 Å². The number of rotatable bonds is 4. The first-order chi connectivity index (χ1) is 7.11. The third kappa shape index (κ3) is 7.71. The van der Waals surface area contributed by atoms with E-state index < -0.39 is 25.5 Å². The monoisotopic (exact) mass is 251 g/mol. The van der Waals surface area contributed by atoms with Gasteiger partial charge in [0, 0.05) is 0 Å². The predicted molar refractivity (Wildman–Crippen MR) is 63.8 cm³/mol. The first kappa shape index (κ1) is 15.5. The zero-order valence-electron chi connectivity index (χ0n) is 10.5. The summed E-state index contributed by atoms with van der Waals surface area (Å²) in [6.45, 7) is 9.08. The Morgan fingerprint density at radius 2 is 1.94 bits per heavy atom. The molecule has 0 aliphatic heterocycles. The fraction of sp³-hybridized carbons (Fsp3) is 0.900. The summed E-state index contributed by atoms with van der Waals surface area (Å²) in [7, 11) is -2.78. The van der Waals surface area contributed by atoms with Gasteiger partial charge in [0.15, 0.2) is 0 Å². The zero-order valence-corrected chi connectivity index (χ0v) is 11.5. The Labute approximate surface area is 97.4 Å². The van der Waals surface area contributed by atoms with Crippen molar-refractivity contribution in [1.82, 2.24) is 5.32 Å². The number of hydrogen-bond acceptors (Lipinski definition) is 3. The summed E-state index contributed by atoms with van der Waals surface area (Å²) in [5.74, 6) is -0.471. The van der Waals surface area contributed by atoms with Gasteiger partial charge in [-0.3, -0.25) is 4.57 Å². The van der Waals surface area contributed by atoms with E-state index in [1.165, 1.54) is 0 Å². The molecule has 5 nitrogen and oxygen atoms in total. The van der Waals surface area contributed by atoms with Crippen LogP contribution in [0.15, 0.2) is 0 Å². The molecule has 0 heterocycles. The van der Waals surface area contributed by atoms with E-state index in [9.17, 15) is 9.36 Å². The highest BCUT2D eigenvalue weighted by molar-refractivity contribution is 7.38. The smallest absolute Gasteiger partial charge is 0.408 e. The average Bonchev–Trinajstić information content (AvgIpc) is 1.97. The quantitative estimate of drug-likeness (QED) is 0.752. The van der Waals surface area contributed by atoms with Gasteiger partial charge < -0.3 is 14.9 Å². The first-order valence-corrected chi connectivity index (χ1v) is 6.77. The summed E-state index contributed by atoms with van der Waals surface area (Å²) in [6.07, 6.45) is -0.182. The minimum Gasteiger partial charge on any atom is -0.444 e. The van der Waals surface area contributed by atoms with E-state index in [0.29, 0.717) is 6.42 Å². The van der Waals surface area contributed by atoms with E-state index >= 15 is 0 Å². The molecule has 0 spiro atoms. The van der Waals surface area contributed by atoms with Gasteiger partial charge >= 0.3 is 6.09 Å². The molecule has 0 aliphatic rings. The van der Waals surface area contributed by atoms with Crippen LogP contribution in [0.4, 0.5) is 4.79 Å². The van der Waals surface area contributed by atoms with Crippen LogP contribution in [-0.4, -0.2) is 22.4 Å². The maximum atomic E-state index is 11.4. The molecule has 0 bridgehead atoms. The van der Waals surface area contributed by atoms with Gasteiger partial charge in [-0.25, -0.2) is 4.79 Å². The summed E-state index contributed by atoms with van der Waals surface area (Å²) >= 11 is 0. The Morgan fingerprint density at radius 1 is 1.44 bits per heavy atom. The molecule has 0 saturated heterocycles. The molecule has 2 unspecified atom stereocenters. The number of carbonyl (C=O) groups is 1. The maximum absolute atomic E-state index is 11.4. The SMILES string of the molecule is CC(C)CC(NC(=O)OC(C)(C)C)[PH](=O)O. The van der Waals surface area contributed by atoms with Crippen LogP contribution in [0.1, 0.15) is 41.0 Å². The molecule has 6 heteroatoms. The van der Waals surface area contributed by atoms with Crippen LogP contribution in [-0.2, 0) is 9.30 Å². The molecular weight excluding hydrogens is 229 g/mol. The molecule has 96 valence electrons. The van der Waals surface area contributed by atoms with Crippen molar-refractivity contribution in [3.63, 3.8) is 0 Å². The van der Waals surface area contributed by atoms with Crippen LogP contribution in [0, 0.1) is 5.92 Å². The molecule has 2 N–H and O–H groups in total. The standard InChI is InChI=1S/C10H22NO4P/c1-7(2)6-8(16(13)14)11-9(12)15-10(3,4)5/h7-8,16H,6H2,1-5H3,(H,11,12)(H,13,14). The summed E-state index contributed by atoms with van der Waals surface area (Å²) in [5, 5.41) is 2.43. The molecule has 0 saturated carbocycles. The van der Waals surface area contributed by atoms with E-state index in [4.69, 9.17) is 9.63 Å². The molecule has 0 aromatic rings. The Hall–Kier alpha value is -0.540. The molecule has 16 heavy (non-hydrogen) atoms. The zero-order chi connectivity index (χ0) is 12.9. The van der Waals surface area contributed by atoms with Gasteiger partial charge in [0.05, 0.1) is 0 Å². The summed E-state index contributed by atoms with van der Waals surface area (Å²) in [4.78, 5) is 20.5. The fourth-order valence-electron chi connectivity index (χ4n) is 1.14. The van der Waals surface area contributed by atoms with Gasteiger partial charge in [0.2, 0.25) is 8.03 Å². The average molecular weight is 251 g/mol. The fourth-order valence-corrected chi connectivity index (χ4v) is 2.06. The Balaban J connectivity index is 4.30. The van der Waals surface area contributed by atoms with Crippen LogP contribution in [0.25, 0.3) is 0 Å². The van der Waals surface area contributed by atoms with Crippen molar-refractivity contribution < 1.29 is 19.0 Å². The molecule has 0 aliphatic carbocycles. The highest BCUT2D eigenvalue weighted by Crippen LogP contribution is 2.26. The van der Waals surface area contributed by atoms with Crippen molar-refractivity contribution in [2.24, 2.45) is 5.92 Å². The predicted octanol–water partition coefficient (Wildman–Crippen LogP) is 2.35. The molecule has 1 amide bonds. The summed E-state index contributed by atoms with van der Waals surface area (Å²) < 4.78 is 16.1. The van der Waals surface area contributed by atoms with E-state index in [-0.39, 0.29) is 5.92 Å². The third-order valence-electron chi connectivity index (χ3n) is 1.70. The normalized spacial score (nSPS) is 15.7. The van der Waals surface area contributed by atoms with Gasteiger partial charge in [0.25, 0.3) is 0 Å². The van der Waals surface area contributed by atoms with E-state index in [1.54, 1.807) is 20.8 Å². The molecule has 0 aromatic heterocycles. The molecule has 2 atom stereocenters. The molecule has 0 rings (SSSR count).